The maximum atomic E-state index is 10.3. The van der Waals surface area contributed by atoms with Crippen molar-refractivity contribution in [2.75, 3.05) is 0 Å². The number of hydrogen-bond acceptors (Lipinski definition) is 12. The van der Waals surface area contributed by atoms with E-state index in [4.69, 9.17) is 15.7 Å². The fourth-order valence-corrected chi connectivity index (χ4v) is 1.37. The Morgan fingerprint density at radius 3 is 1.71 bits per heavy atom. The number of oxime groups is 1. The van der Waals surface area contributed by atoms with E-state index in [1.54, 1.807) is 39.0 Å². The van der Waals surface area contributed by atoms with E-state index in [2.05, 4.69) is 34.2 Å². The zero-order valence-electron chi connectivity index (χ0n) is 16.2. The molecule has 3 heterocycles. The van der Waals surface area contributed by atoms with Crippen molar-refractivity contribution in [1.82, 2.24) is 15.5 Å². The Bertz CT molecular complexity index is 973. The average Bonchev–Trinajstić information content (AvgIpc) is 3.44. The Morgan fingerprint density at radius 1 is 1.03 bits per heavy atom. The smallest absolute Gasteiger partial charge is 0.411 e. The molecule has 0 amide bonds. The number of aromatic nitrogens is 3. The first-order chi connectivity index (χ1) is 14.5. The zero-order valence-corrected chi connectivity index (χ0v) is 16.2. The molecule has 15 heteroatoms. The number of aryl methyl sites for hydroxylation is 3. The lowest BCUT2D eigenvalue weighted by Crippen LogP contribution is -2.09. The second kappa shape index (κ2) is 14.0. The van der Waals surface area contributed by atoms with E-state index in [1.165, 1.54) is 6.21 Å². The van der Waals surface area contributed by atoms with Crippen molar-refractivity contribution in [3.05, 3.63) is 52.6 Å². The molecule has 3 rings (SSSR count). The second-order valence-electron chi connectivity index (χ2n) is 5.06. The molecule has 0 bridgehead atoms. The van der Waals surface area contributed by atoms with E-state index in [9.17, 15) is 18.0 Å². The van der Waals surface area contributed by atoms with Gasteiger partial charge in [-0.2, -0.15) is 5.26 Å². The van der Waals surface area contributed by atoms with Gasteiger partial charge in [-0.05, 0) is 20.8 Å². The molecule has 0 aliphatic carbocycles. The first-order valence-electron chi connectivity index (χ1n) is 7.76. The van der Waals surface area contributed by atoms with Gasteiger partial charge in [0, 0.05) is 18.2 Å². The summed E-state index contributed by atoms with van der Waals surface area (Å²) in [5, 5.41) is 36.1. The summed E-state index contributed by atoms with van der Waals surface area (Å²) in [6.07, 6.45) is -3.05. The van der Waals surface area contributed by atoms with Crippen LogP contribution in [0.15, 0.2) is 36.9 Å². The molecule has 3 aromatic heterocycles. The van der Waals surface area contributed by atoms with Crippen molar-refractivity contribution in [1.29, 1.82) is 5.26 Å². The van der Waals surface area contributed by atoms with Crippen molar-refractivity contribution >= 4 is 12.5 Å². The van der Waals surface area contributed by atoms with Gasteiger partial charge in [0.25, 0.3) is 0 Å². The molecule has 12 nitrogen and oxygen atoms in total. The molecule has 2 N–H and O–H groups in total. The number of carbonyl (C=O) groups excluding carboxylic acids is 1. The highest BCUT2D eigenvalue weighted by Gasteiger charge is 2.28. The van der Waals surface area contributed by atoms with Crippen LogP contribution in [0.25, 0.3) is 0 Å². The van der Waals surface area contributed by atoms with Crippen LogP contribution in [-0.2, 0) is 4.89 Å². The average molecular weight is 447 g/mol. The molecule has 0 aliphatic heterocycles. The number of halogens is 3. The molecular weight excluding hydrogens is 431 g/mol. The number of alkyl halides is 3. The molecule has 3 aromatic rings. The van der Waals surface area contributed by atoms with Gasteiger partial charge in [0.1, 0.15) is 34.7 Å². The van der Waals surface area contributed by atoms with Crippen LogP contribution in [0.3, 0.4) is 0 Å². The highest BCUT2D eigenvalue weighted by molar-refractivity contribution is 5.75. The van der Waals surface area contributed by atoms with Crippen molar-refractivity contribution in [3.8, 4) is 6.07 Å². The van der Waals surface area contributed by atoms with E-state index in [-0.39, 0.29) is 0 Å². The van der Waals surface area contributed by atoms with Crippen molar-refractivity contribution in [2.45, 2.75) is 27.1 Å². The number of nitrogens with zero attached hydrogens (tertiary/aromatic N) is 5. The van der Waals surface area contributed by atoms with Crippen LogP contribution in [0.4, 0.5) is 13.2 Å². The third-order valence-corrected chi connectivity index (χ3v) is 2.45. The predicted molar refractivity (Wildman–Crippen MR) is 93.0 cm³/mol. The minimum Gasteiger partial charge on any atom is -0.411 e. The summed E-state index contributed by atoms with van der Waals surface area (Å²) in [5.41, 5.74) is 1.21. The molecule has 0 spiro atoms. The lowest BCUT2D eigenvalue weighted by atomic mass is 10.4. The molecule has 0 radical (unpaired) electrons. The quantitative estimate of drug-likeness (QED) is 0.193. The normalized spacial score (nSPS) is 10.0. The topological polar surface area (TPSA) is 181 Å². The number of carbonyl (C=O) groups is 1. The zero-order chi connectivity index (χ0) is 23.9. The lowest BCUT2D eigenvalue weighted by Gasteiger charge is -1.94. The highest BCUT2D eigenvalue weighted by atomic mass is 19.4. The number of rotatable bonds is 2. The lowest BCUT2D eigenvalue weighted by molar-refractivity contribution is -0.464. The van der Waals surface area contributed by atoms with Gasteiger partial charge in [-0.1, -0.05) is 20.6 Å². The highest BCUT2D eigenvalue weighted by Crippen LogP contribution is 2.12. The summed E-state index contributed by atoms with van der Waals surface area (Å²) < 4.78 is 44.8. The van der Waals surface area contributed by atoms with E-state index in [1.807, 2.05) is 11.0 Å². The third kappa shape index (κ3) is 13.7. The van der Waals surface area contributed by atoms with Crippen LogP contribution in [0, 0.1) is 32.1 Å². The van der Waals surface area contributed by atoms with Gasteiger partial charge >= 0.3 is 6.36 Å². The van der Waals surface area contributed by atoms with Crippen LogP contribution >= 0.6 is 0 Å². The Labute approximate surface area is 172 Å². The Hall–Kier alpha value is -4.03. The van der Waals surface area contributed by atoms with Gasteiger partial charge in [-0.15, -0.1) is 18.1 Å². The van der Waals surface area contributed by atoms with Crippen LogP contribution in [0.1, 0.15) is 39.2 Å². The van der Waals surface area contributed by atoms with Crippen LogP contribution in [0.5, 0.6) is 0 Å². The van der Waals surface area contributed by atoms with Crippen LogP contribution in [0.2, 0.25) is 0 Å². The van der Waals surface area contributed by atoms with Gasteiger partial charge in [0.05, 0.1) is 6.21 Å². The molecule has 0 saturated carbocycles. The van der Waals surface area contributed by atoms with E-state index in [0.717, 1.165) is 0 Å². The Kier molecular flexibility index (Phi) is 12.2. The Morgan fingerprint density at radius 2 is 1.48 bits per heavy atom. The SMILES string of the molecule is Cc1cc(/C=N\O)no1.Cc1cc(C#N)no1.Cc1cc(C=O)no1.OOC(F)(F)F. The fourth-order valence-electron chi connectivity index (χ4n) is 1.37. The molecular formula is C16H16F3N5O7. The van der Waals surface area contributed by atoms with Gasteiger partial charge in [0.2, 0.25) is 0 Å². The number of aldehydes is 1. The molecule has 0 fully saturated rings. The Balaban J connectivity index is 0.000000391. The predicted octanol–water partition coefficient (Wildman–Crippen LogP) is 3.44. The first-order valence-corrected chi connectivity index (χ1v) is 7.76. The minimum absolute atomic E-state index is 0.336. The monoisotopic (exact) mass is 447 g/mol. The minimum atomic E-state index is -4.90. The largest absolute Gasteiger partial charge is 0.549 e. The number of nitriles is 1. The molecule has 0 aliphatic rings. The number of hydrogen-bond donors (Lipinski definition) is 2. The summed E-state index contributed by atoms with van der Waals surface area (Å²) >= 11 is 0. The van der Waals surface area contributed by atoms with E-state index in [0.29, 0.717) is 40.6 Å². The van der Waals surface area contributed by atoms with Gasteiger partial charge < -0.3 is 18.8 Å². The van der Waals surface area contributed by atoms with Crippen LogP contribution in [-0.4, -0.2) is 44.8 Å². The maximum Gasteiger partial charge on any atom is 0.549 e. The summed E-state index contributed by atoms with van der Waals surface area (Å²) in [7, 11) is 0. The third-order valence-electron chi connectivity index (χ3n) is 2.45. The van der Waals surface area contributed by atoms with Gasteiger partial charge in [0.15, 0.2) is 12.0 Å². The fraction of sp³-hybridized carbons (Fsp3) is 0.250. The molecule has 168 valence electrons. The van der Waals surface area contributed by atoms with Gasteiger partial charge in [-0.3, -0.25) is 4.79 Å². The molecule has 0 saturated heterocycles. The van der Waals surface area contributed by atoms with Crippen molar-refractivity contribution < 1.29 is 46.9 Å². The molecule has 0 atom stereocenters. The molecule has 0 unspecified atom stereocenters. The van der Waals surface area contributed by atoms with Gasteiger partial charge in [-0.25, -0.2) is 5.26 Å². The summed E-state index contributed by atoms with van der Waals surface area (Å²) in [5.74, 6) is 2.03. The molecule has 31 heavy (non-hydrogen) atoms. The second-order valence-corrected chi connectivity index (χ2v) is 5.06. The molecule has 0 aromatic carbocycles. The van der Waals surface area contributed by atoms with Crippen LogP contribution < -0.4 is 0 Å². The summed E-state index contributed by atoms with van der Waals surface area (Å²) in [4.78, 5) is 11.8. The standard InChI is InChI=1S/C5H6N2O2.C5H4N2O.C5H5NO2.CHF3O2/c1-4-2-5(3-6-8)7-9-4;1-4-2-5(3-6)7-8-4;1-4-2-5(3-7)6-8-4;2-1(3,4)6-5/h2-3,8H,1H3;2H,1H3;2-3H,1H3;5H/b6-3-;;;. The maximum absolute atomic E-state index is 10.3. The van der Waals surface area contributed by atoms with E-state index < -0.39 is 6.36 Å². The van der Waals surface area contributed by atoms with Crippen molar-refractivity contribution in [3.63, 3.8) is 0 Å². The van der Waals surface area contributed by atoms with E-state index >= 15 is 0 Å². The van der Waals surface area contributed by atoms with Crippen molar-refractivity contribution in [2.24, 2.45) is 5.16 Å². The summed E-state index contributed by atoms with van der Waals surface area (Å²) in [6.45, 7) is 5.25. The summed E-state index contributed by atoms with van der Waals surface area (Å²) in [6, 6.07) is 6.67. The first kappa shape index (κ1) is 27.0.